The van der Waals surface area contributed by atoms with Crippen LogP contribution in [0.5, 0.6) is 5.75 Å². The van der Waals surface area contributed by atoms with Gasteiger partial charge in [-0.3, -0.25) is 5.10 Å². The fourth-order valence-corrected chi connectivity index (χ4v) is 3.55. The summed E-state index contributed by atoms with van der Waals surface area (Å²) in [6.45, 7) is 6.31. The molecule has 0 radical (unpaired) electrons. The molecule has 5 nitrogen and oxygen atoms in total. The Morgan fingerprint density at radius 2 is 1.80 bits per heavy atom. The number of aryl methyl sites for hydroxylation is 2. The Balaban J connectivity index is 2.11. The SMILES string of the molecule is CSc1ccc(-c2[nH]nnc2-c2cc(C)c(C)c(C)c2)cc1OP=O. The second-order valence-electron chi connectivity index (χ2n) is 5.80. The van der Waals surface area contributed by atoms with Crippen LogP contribution in [0.2, 0.25) is 0 Å². The summed E-state index contributed by atoms with van der Waals surface area (Å²) < 4.78 is 16.1. The first-order valence-corrected chi connectivity index (χ1v) is 9.68. The van der Waals surface area contributed by atoms with Crippen LogP contribution in [0.3, 0.4) is 0 Å². The quantitative estimate of drug-likeness (QED) is 0.482. The van der Waals surface area contributed by atoms with E-state index in [1.165, 1.54) is 28.5 Å². The molecule has 0 aliphatic heterocycles. The highest BCUT2D eigenvalue weighted by atomic mass is 32.2. The Kier molecular flexibility index (Phi) is 5.21. The maximum absolute atomic E-state index is 10.9. The second kappa shape index (κ2) is 7.38. The van der Waals surface area contributed by atoms with Gasteiger partial charge in [0.1, 0.15) is 11.4 Å². The van der Waals surface area contributed by atoms with Crippen LogP contribution < -0.4 is 4.52 Å². The van der Waals surface area contributed by atoms with Crippen molar-refractivity contribution in [2.45, 2.75) is 25.7 Å². The number of hydrogen-bond donors (Lipinski definition) is 1. The van der Waals surface area contributed by atoms with Gasteiger partial charge in [0.15, 0.2) is 0 Å². The molecule has 0 saturated carbocycles. The summed E-state index contributed by atoms with van der Waals surface area (Å²) >= 11 is 1.54. The molecule has 3 aromatic rings. The van der Waals surface area contributed by atoms with E-state index in [2.05, 4.69) is 48.3 Å². The number of aromatic nitrogens is 3. The molecule has 0 unspecified atom stereocenters. The molecule has 128 valence electrons. The summed E-state index contributed by atoms with van der Waals surface area (Å²) in [5.41, 5.74) is 7.21. The molecule has 0 amide bonds. The predicted octanol–water partition coefficient (Wildman–Crippen LogP) is 5.37. The number of H-pyrrole nitrogens is 1. The van der Waals surface area contributed by atoms with Gasteiger partial charge in [-0.25, -0.2) is 4.57 Å². The molecule has 0 aliphatic rings. The lowest BCUT2D eigenvalue weighted by Crippen LogP contribution is -1.91. The fraction of sp³-hybridized carbons (Fsp3) is 0.222. The van der Waals surface area contributed by atoms with Gasteiger partial charge in [-0.15, -0.1) is 16.9 Å². The molecule has 25 heavy (non-hydrogen) atoms. The van der Waals surface area contributed by atoms with Gasteiger partial charge in [-0.05, 0) is 68.0 Å². The highest BCUT2D eigenvalue weighted by Crippen LogP contribution is 2.36. The average Bonchev–Trinajstić information content (AvgIpc) is 3.09. The lowest BCUT2D eigenvalue weighted by molar-refractivity contribution is 0.519. The maximum Gasteiger partial charge on any atom is 0.395 e. The van der Waals surface area contributed by atoms with Gasteiger partial charge in [-0.1, -0.05) is 11.3 Å². The Hall–Kier alpha value is -2.17. The van der Waals surface area contributed by atoms with Crippen LogP contribution >= 0.6 is 20.4 Å². The van der Waals surface area contributed by atoms with Crippen LogP contribution in [0.4, 0.5) is 0 Å². The highest BCUT2D eigenvalue weighted by Gasteiger charge is 2.15. The number of benzene rings is 2. The Bertz CT molecular complexity index is 917. The maximum atomic E-state index is 10.9. The zero-order valence-electron chi connectivity index (χ0n) is 14.5. The summed E-state index contributed by atoms with van der Waals surface area (Å²) in [4.78, 5) is 0.920. The number of nitrogens with zero attached hydrogens (tertiary/aromatic N) is 2. The van der Waals surface area contributed by atoms with Crippen molar-refractivity contribution in [1.29, 1.82) is 0 Å². The van der Waals surface area contributed by atoms with Crippen molar-refractivity contribution in [3.05, 3.63) is 47.0 Å². The van der Waals surface area contributed by atoms with Crippen molar-refractivity contribution < 1.29 is 9.09 Å². The molecule has 1 heterocycles. The number of aromatic amines is 1. The van der Waals surface area contributed by atoms with E-state index in [4.69, 9.17) is 4.52 Å². The van der Waals surface area contributed by atoms with E-state index >= 15 is 0 Å². The van der Waals surface area contributed by atoms with Crippen molar-refractivity contribution in [1.82, 2.24) is 15.4 Å². The van der Waals surface area contributed by atoms with Crippen LogP contribution in [-0.2, 0) is 4.57 Å². The molecule has 2 aromatic carbocycles. The van der Waals surface area contributed by atoms with E-state index < -0.39 is 0 Å². The molecule has 3 rings (SSSR count). The summed E-state index contributed by atoms with van der Waals surface area (Å²) in [6.07, 6.45) is 1.95. The van der Waals surface area contributed by atoms with Gasteiger partial charge in [0.25, 0.3) is 0 Å². The molecule has 1 N–H and O–H groups in total. The van der Waals surface area contributed by atoms with E-state index in [0.29, 0.717) is 5.75 Å². The Morgan fingerprint density at radius 3 is 2.44 bits per heavy atom. The number of thioether (sulfide) groups is 1. The van der Waals surface area contributed by atoms with E-state index in [-0.39, 0.29) is 8.69 Å². The van der Waals surface area contributed by atoms with E-state index in [1.807, 2.05) is 24.5 Å². The van der Waals surface area contributed by atoms with Crippen LogP contribution in [-0.4, -0.2) is 21.7 Å². The van der Waals surface area contributed by atoms with Crippen molar-refractivity contribution in [3.63, 3.8) is 0 Å². The molecule has 0 aliphatic carbocycles. The van der Waals surface area contributed by atoms with Gasteiger partial charge in [0.05, 0.1) is 10.6 Å². The first-order valence-electron chi connectivity index (χ1n) is 7.72. The third kappa shape index (κ3) is 3.46. The van der Waals surface area contributed by atoms with Crippen LogP contribution in [0.15, 0.2) is 35.2 Å². The number of hydrogen-bond acceptors (Lipinski definition) is 5. The summed E-state index contributed by atoms with van der Waals surface area (Å²) in [5, 5.41) is 11.2. The first kappa shape index (κ1) is 17.6. The van der Waals surface area contributed by atoms with Crippen molar-refractivity contribution in [2.75, 3.05) is 6.26 Å². The van der Waals surface area contributed by atoms with Gasteiger partial charge in [-0.2, -0.15) is 0 Å². The zero-order valence-corrected chi connectivity index (χ0v) is 16.2. The van der Waals surface area contributed by atoms with Gasteiger partial charge in [0, 0.05) is 11.1 Å². The highest BCUT2D eigenvalue weighted by molar-refractivity contribution is 7.98. The lowest BCUT2D eigenvalue weighted by Gasteiger charge is -2.10. The van der Waals surface area contributed by atoms with Gasteiger partial charge < -0.3 is 4.52 Å². The lowest BCUT2D eigenvalue weighted by atomic mass is 9.97. The van der Waals surface area contributed by atoms with Crippen molar-refractivity contribution >= 4 is 20.4 Å². The number of rotatable bonds is 5. The Labute approximate surface area is 152 Å². The molecule has 0 fully saturated rings. The third-order valence-corrected chi connectivity index (χ3v) is 5.39. The third-order valence-electron chi connectivity index (χ3n) is 4.34. The molecule has 0 spiro atoms. The minimum absolute atomic E-state index is 0.376. The second-order valence-corrected chi connectivity index (χ2v) is 6.98. The minimum atomic E-state index is -0.376. The smallest absolute Gasteiger partial charge is 0.395 e. The van der Waals surface area contributed by atoms with Crippen molar-refractivity contribution in [2.24, 2.45) is 0 Å². The summed E-state index contributed by atoms with van der Waals surface area (Å²) in [6, 6.07) is 10.0. The molecule has 7 heteroatoms. The van der Waals surface area contributed by atoms with Crippen LogP contribution in [0.1, 0.15) is 16.7 Å². The van der Waals surface area contributed by atoms with E-state index in [1.54, 1.807) is 0 Å². The topological polar surface area (TPSA) is 67.9 Å². The molecule has 1 aromatic heterocycles. The zero-order chi connectivity index (χ0) is 18.0. The Morgan fingerprint density at radius 1 is 1.08 bits per heavy atom. The fourth-order valence-electron chi connectivity index (χ4n) is 2.75. The van der Waals surface area contributed by atoms with Crippen LogP contribution in [0, 0.1) is 20.8 Å². The van der Waals surface area contributed by atoms with E-state index in [9.17, 15) is 4.57 Å². The summed E-state index contributed by atoms with van der Waals surface area (Å²) in [5.74, 6) is 0.568. The molecular weight excluding hydrogens is 353 g/mol. The van der Waals surface area contributed by atoms with Crippen LogP contribution in [0.25, 0.3) is 22.5 Å². The van der Waals surface area contributed by atoms with Gasteiger partial charge in [0.2, 0.25) is 0 Å². The molecule has 0 atom stereocenters. The normalized spacial score (nSPS) is 11.0. The largest absolute Gasteiger partial charge is 0.406 e. The van der Waals surface area contributed by atoms with Crippen molar-refractivity contribution in [3.8, 4) is 28.3 Å². The van der Waals surface area contributed by atoms with Gasteiger partial charge >= 0.3 is 8.69 Å². The molecule has 0 saturated heterocycles. The standard InChI is InChI=1S/C18H18N3O2PS/c1-10-7-14(8-11(2)12(10)3)18-17(19-21-20-18)13-5-6-16(25-4)15(9-13)23-24-22/h5-9H,1-4H3,(H,19,20,21). The minimum Gasteiger partial charge on any atom is -0.406 e. The van der Waals surface area contributed by atoms with E-state index in [0.717, 1.165) is 27.4 Å². The predicted molar refractivity (Wildman–Crippen MR) is 101 cm³/mol. The first-order chi connectivity index (χ1) is 12.0. The average molecular weight is 371 g/mol. The monoisotopic (exact) mass is 371 g/mol. The molecule has 0 bridgehead atoms. The number of nitrogens with one attached hydrogen (secondary N) is 1. The summed E-state index contributed by atoms with van der Waals surface area (Å²) in [7, 11) is -0.376. The molecular formula is C18H18N3O2PS.